The third-order valence-corrected chi connectivity index (χ3v) is 5.83. The molecular weight excluding hydrogens is 300 g/mol. The van der Waals surface area contributed by atoms with E-state index in [1.165, 1.54) is 25.7 Å². The summed E-state index contributed by atoms with van der Waals surface area (Å²) in [7, 11) is 0. The average Bonchev–Trinajstić information content (AvgIpc) is 3.30. The zero-order valence-corrected chi connectivity index (χ0v) is 14.3. The second-order valence-corrected chi connectivity index (χ2v) is 7.39. The Morgan fingerprint density at radius 1 is 1.25 bits per heavy atom. The quantitative estimate of drug-likeness (QED) is 0.917. The fraction of sp³-hybridized carbons (Fsp3) is 0.500. The molecule has 2 bridgehead atoms. The maximum absolute atomic E-state index is 12.6. The van der Waals surface area contributed by atoms with E-state index in [1.807, 2.05) is 30.3 Å². The van der Waals surface area contributed by atoms with E-state index in [4.69, 9.17) is 4.42 Å². The van der Waals surface area contributed by atoms with Crippen LogP contribution in [0.5, 0.6) is 0 Å². The van der Waals surface area contributed by atoms with Gasteiger partial charge in [0, 0.05) is 11.6 Å². The lowest BCUT2D eigenvalue weighted by Gasteiger charge is -2.28. The van der Waals surface area contributed by atoms with Crippen LogP contribution in [-0.4, -0.2) is 16.9 Å². The first kappa shape index (κ1) is 15.4. The lowest BCUT2D eigenvalue weighted by atomic mass is 9.84. The van der Waals surface area contributed by atoms with Crippen molar-refractivity contribution in [1.82, 2.24) is 10.3 Å². The first-order valence-corrected chi connectivity index (χ1v) is 8.95. The Morgan fingerprint density at radius 2 is 2.04 bits per heavy atom. The molecule has 1 aromatic carbocycles. The number of carbonyl (C=O) groups excluding carboxylic acids is 1. The van der Waals surface area contributed by atoms with Crippen LogP contribution in [-0.2, 0) is 0 Å². The van der Waals surface area contributed by atoms with Gasteiger partial charge in [-0.1, -0.05) is 24.6 Å². The molecule has 4 unspecified atom stereocenters. The molecule has 4 heteroatoms. The fourth-order valence-corrected chi connectivity index (χ4v) is 4.60. The van der Waals surface area contributed by atoms with Crippen molar-refractivity contribution in [3.63, 3.8) is 0 Å². The van der Waals surface area contributed by atoms with Gasteiger partial charge in [0.05, 0.1) is 0 Å². The van der Waals surface area contributed by atoms with E-state index in [0.29, 0.717) is 23.3 Å². The van der Waals surface area contributed by atoms with Crippen molar-refractivity contribution in [2.45, 2.75) is 45.6 Å². The highest BCUT2D eigenvalue weighted by atomic mass is 16.4. The van der Waals surface area contributed by atoms with Crippen molar-refractivity contribution >= 4 is 5.91 Å². The number of amides is 1. The van der Waals surface area contributed by atoms with Crippen LogP contribution in [0, 0.1) is 24.7 Å². The number of nitrogens with zero attached hydrogens (tertiary/aromatic N) is 1. The number of aromatic nitrogens is 1. The molecule has 4 rings (SSSR count). The minimum Gasteiger partial charge on any atom is -0.441 e. The van der Waals surface area contributed by atoms with Gasteiger partial charge in [0.15, 0.2) is 5.69 Å². The maximum Gasteiger partial charge on any atom is 0.273 e. The Balaban J connectivity index is 1.47. The topological polar surface area (TPSA) is 55.1 Å². The van der Waals surface area contributed by atoms with Crippen LogP contribution in [0.25, 0.3) is 11.5 Å². The summed E-state index contributed by atoms with van der Waals surface area (Å²) in [5, 5.41) is 3.17. The third-order valence-electron chi connectivity index (χ3n) is 5.83. The van der Waals surface area contributed by atoms with Gasteiger partial charge >= 0.3 is 0 Å². The molecule has 126 valence electrons. The lowest BCUT2D eigenvalue weighted by Crippen LogP contribution is -2.40. The largest absolute Gasteiger partial charge is 0.441 e. The highest BCUT2D eigenvalue weighted by molar-refractivity contribution is 5.93. The van der Waals surface area contributed by atoms with Gasteiger partial charge in [-0.05, 0) is 63.0 Å². The molecule has 0 aliphatic heterocycles. The molecule has 0 spiro atoms. The number of benzene rings is 1. The van der Waals surface area contributed by atoms with Crippen molar-refractivity contribution in [3.05, 3.63) is 41.8 Å². The molecule has 2 aromatic rings. The molecule has 1 aromatic heterocycles. The molecule has 4 atom stereocenters. The second-order valence-electron chi connectivity index (χ2n) is 7.39. The van der Waals surface area contributed by atoms with E-state index in [1.54, 1.807) is 6.92 Å². The number of aryl methyl sites for hydroxylation is 1. The van der Waals surface area contributed by atoms with Gasteiger partial charge in [0.25, 0.3) is 5.91 Å². The minimum atomic E-state index is -0.117. The lowest BCUT2D eigenvalue weighted by molar-refractivity contribution is 0.0909. The smallest absolute Gasteiger partial charge is 0.273 e. The molecule has 24 heavy (non-hydrogen) atoms. The molecule has 1 amide bonds. The number of hydrogen-bond acceptors (Lipinski definition) is 3. The number of fused-ring (bicyclic) bond motifs is 2. The summed E-state index contributed by atoms with van der Waals surface area (Å²) >= 11 is 0. The van der Waals surface area contributed by atoms with Crippen molar-refractivity contribution in [2.24, 2.45) is 17.8 Å². The third kappa shape index (κ3) is 2.74. The molecule has 1 N–H and O–H groups in total. The molecule has 0 radical (unpaired) electrons. The predicted octanol–water partition coefficient (Wildman–Crippen LogP) is 4.20. The van der Waals surface area contributed by atoms with E-state index in [9.17, 15) is 4.79 Å². The van der Waals surface area contributed by atoms with Crippen LogP contribution in [0.4, 0.5) is 0 Å². The van der Waals surface area contributed by atoms with Gasteiger partial charge in [-0.15, -0.1) is 0 Å². The standard InChI is InChI=1S/C20H24N2O2/c1-12(17-11-14-8-9-16(17)10-14)21-19(23)18-13(2)24-20(22-18)15-6-4-3-5-7-15/h3-7,12,14,16-17H,8-11H2,1-2H3,(H,21,23). The summed E-state index contributed by atoms with van der Waals surface area (Å²) in [6.45, 7) is 3.94. The van der Waals surface area contributed by atoms with Crippen LogP contribution >= 0.6 is 0 Å². The normalized spacial score (nSPS) is 26.5. The summed E-state index contributed by atoms with van der Waals surface area (Å²) in [4.78, 5) is 17.1. The van der Waals surface area contributed by atoms with Crippen LogP contribution in [0.15, 0.2) is 34.7 Å². The number of carbonyl (C=O) groups is 1. The number of oxazole rings is 1. The fourth-order valence-electron chi connectivity index (χ4n) is 4.60. The molecule has 0 saturated heterocycles. The molecule has 2 aliphatic rings. The van der Waals surface area contributed by atoms with E-state index < -0.39 is 0 Å². The summed E-state index contributed by atoms with van der Waals surface area (Å²) in [5.41, 5.74) is 1.30. The zero-order valence-electron chi connectivity index (χ0n) is 14.3. The van der Waals surface area contributed by atoms with Gasteiger partial charge in [-0.3, -0.25) is 4.79 Å². The van der Waals surface area contributed by atoms with Gasteiger partial charge in [0.1, 0.15) is 5.76 Å². The van der Waals surface area contributed by atoms with E-state index >= 15 is 0 Å². The summed E-state index contributed by atoms with van der Waals surface area (Å²) in [5.74, 6) is 3.26. The first-order valence-electron chi connectivity index (χ1n) is 8.95. The van der Waals surface area contributed by atoms with E-state index in [2.05, 4.69) is 17.2 Å². The van der Waals surface area contributed by atoms with Crippen LogP contribution in [0.3, 0.4) is 0 Å². The molecule has 1 heterocycles. The SMILES string of the molecule is Cc1oc(-c2ccccc2)nc1C(=O)NC(C)C1CC2CCC1C2. The monoisotopic (exact) mass is 324 g/mol. The van der Waals surface area contributed by atoms with Crippen molar-refractivity contribution in [2.75, 3.05) is 0 Å². The van der Waals surface area contributed by atoms with Crippen molar-refractivity contribution < 1.29 is 9.21 Å². The molecule has 2 aliphatic carbocycles. The first-order chi connectivity index (χ1) is 11.6. The Bertz CT molecular complexity index is 737. The average molecular weight is 324 g/mol. The van der Waals surface area contributed by atoms with Gasteiger partial charge < -0.3 is 9.73 Å². The summed E-state index contributed by atoms with van der Waals surface area (Å²) in [6.07, 6.45) is 5.33. The highest BCUT2D eigenvalue weighted by Crippen LogP contribution is 2.49. The molecule has 4 nitrogen and oxygen atoms in total. The van der Waals surface area contributed by atoms with E-state index in [-0.39, 0.29) is 11.9 Å². The van der Waals surface area contributed by atoms with Crippen LogP contribution < -0.4 is 5.32 Å². The van der Waals surface area contributed by atoms with Crippen molar-refractivity contribution in [1.29, 1.82) is 0 Å². The van der Waals surface area contributed by atoms with Gasteiger partial charge in [-0.2, -0.15) is 0 Å². The van der Waals surface area contributed by atoms with E-state index in [0.717, 1.165) is 17.4 Å². The molecular formula is C20H24N2O2. The van der Waals surface area contributed by atoms with Crippen LogP contribution in [0.2, 0.25) is 0 Å². The Labute approximate surface area is 142 Å². The maximum atomic E-state index is 12.6. The number of hydrogen-bond donors (Lipinski definition) is 1. The zero-order chi connectivity index (χ0) is 16.7. The minimum absolute atomic E-state index is 0.117. The summed E-state index contributed by atoms with van der Waals surface area (Å²) < 4.78 is 5.71. The Morgan fingerprint density at radius 3 is 2.71 bits per heavy atom. The Kier molecular flexibility index (Phi) is 3.91. The van der Waals surface area contributed by atoms with Gasteiger partial charge in [0.2, 0.25) is 5.89 Å². The van der Waals surface area contributed by atoms with Crippen LogP contribution in [0.1, 0.15) is 48.9 Å². The Hall–Kier alpha value is -2.10. The summed E-state index contributed by atoms with van der Waals surface area (Å²) in [6, 6.07) is 9.89. The number of nitrogens with one attached hydrogen (secondary N) is 1. The highest BCUT2D eigenvalue weighted by Gasteiger charge is 2.42. The van der Waals surface area contributed by atoms with Crippen molar-refractivity contribution in [3.8, 4) is 11.5 Å². The van der Waals surface area contributed by atoms with Gasteiger partial charge in [-0.25, -0.2) is 4.98 Å². The molecule has 2 fully saturated rings. The number of rotatable bonds is 4. The second kappa shape index (κ2) is 6.08. The predicted molar refractivity (Wildman–Crippen MR) is 92.5 cm³/mol. The molecule has 2 saturated carbocycles.